The molecule has 5 nitrogen and oxygen atoms in total. The highest BCUT2D eigenvalue weighted by molar-refractivity contribution is 5.97. The molecule has 2 heterocycles. The van der Waals surface area contributed by atoms with Crippen LogP contribution in [0.5, 0.6) is 0 Å². The maximum Gasteiger partial charge on any atom is 0.243 e. The van der Waals surface area contributed by atoms with Crippen LogP contribution in [0.4, 0.5) is 0 Å². The highest BCUT2D eigenvalue weighted by atomic mass is 16.2. The molecule has 1 atom stereocenters. The number of nitrogens with zero attached hydrogens (tertiary/aromatic N) is 2. The van der Waals surface area contributed by atoms with Gasteiger partial charge in [0.2, 0.25) is 11.8 Å². The van der Waals surface area contributed by atoms with Crippen molar-refractivity contribution in [1.82, 2.24) is 15.1 Å². The molecule has 0 spiro atoms. The van der Waals surface area contributed by atoms with Crippen LogP contribution in [0.15, 0.2) is 0 Å². The van der Waals surface area contributed by atoms with Crippen LogP contribution >= 0.6 is 0 Å². The van der Waals surface area contributed by atoms with Crippen LogP contribution in [0.3, 0.4) is 0 Å². The third-order valence-electron chi connectivity index (χ3n) is 4.16. The van der Waals surface area contributed by atoms with Crippen molar-refractivity contribution < 1.29 is 9.59 Å². The van der Waals surface area contributed by atoms with Crippen LogP contribution in [-0.2, 0) is 9.59 Å². The van der Waals surface area contributed by atoms with Gasteiger partial charge >= 0.3 is 0 Å². The number of amides is 2. The van der Waals surface area contributed by atoms with E-state index in [0.29, 0.717) is 25.6 Å². The second kappa shape index (κ2) is 7.74. The van der Waals surface area contributed by atoms with Gasteiger partial charge in [0.05, 0.1) is 6.54 Å². The molecule has 0 aromatic carbocycles. The number of imide groups is 1. The molecule has 0 aromatic rings. The molecular formula is C15H27N3O2. The molecule has 0 aliphatic carbocycles. The fraction of sp³-hybridized carbons (Fsp3) is 0.867. The minimum atomic E-state index is -0.0169. The first-order valence-electron chi connectivity index (χ1n) is 7.99. The molecule has 0 bridgehead atoms. The average Bonchev–Trinajstić information content (AvgIpc) is 2.86. The van der Waals surface area contributed by atoms with E-state index in [0.717, 1.165) is 32.5 Å². The standard InChI is InChI=1S/C15H27N3O2/c1-2-9-17(11-13-6-3-4-8-16-13)12-15(20)18-10-5-7-14(18)19/h13,16H,2-12H2,1H3. The molecule has 2 amide bonds. The summed E-state index contributed by atoms with van der Waals surface area (Å²) >= 11 is 0. The Balaban J connectivity index is 1.84. The minimum absolute atomic E-state index is 0.00207. The van der Waals surface area contributed by atoms with Crippen molar-refractivity contribution in [2.75, 3.05) is 32.7 Å². The molecule has 20 heavy (non-hydrogen) atoms. The Kier molecular flexibility index (Phi) is 5.98. The lowest BCUT2D eigenvalue weighted by atomic mass is 10.0. The maximum absolute atomic E-state index is 12.2. The van der Waals surface area contributed by atoms with Gasteiger partial charge in [0.25, 0.3) is 0 Å². The third-order valence-corrected chi connectivity index (χ3v) is 4.16. The Hall–Kier alpha value is -0.940. The fourth-order valence-electron chi connectivity index (χ4n) is 3.13. The topological polar surface area (TPSA) is 52.7 Å². The number of likely N-dealkylation sites (tertiary alicyclic amines) is 1. The molecular weight excluding hydrogens is 254 g/mol. The van der Waals surface area contributed by atoms with E-state index in [2.05, 4.69) is 17.1 Å². The highest BCUT2D eigenvalue weighted by Gasteiger charge is 2.28. The molecule has 0 aromatic heterocycles. The van der Waals surface area contributed by atoms with Crippen LogP contribution in [0.2, 0.25) is 0 Å². The van der Waals surface area contributed by atoms with E-state index in [9.17, 15) is 9.59 Å². The zero-order chi connectivity index (χ0) is 14.4. The van der Waals surface area contributed by atoms with Crippen molar-refractivity contribution in [2.45, 2.75) is 51.5 Å². The Bertz CT molecular complexity index is 340. The van der Waals surface area contributed by atoms with Crippen molar-refractivity contribution in [3.8, 4) is 0 Å². The summed E-state index contributed by atoms with van der Waals surface area (Å²) < 4.78 is 0. The fourth-order valence-corrected chi connectivity index (χ4v) is 3.13. The number of hydrogen-bond donors (Lipinski definition) is 1. The number of nitrogens with one attached hydrogen (secondary N) is 1. The monoisotopic (exact) mass is 281 g/mol. The van der Waals surface area contributed by atoms with Crippen molar-refractivity contribution in [1.29, 1.82) is 0 Å². The summed E-state index contributed by atoms with van der Waals surface area (Å²) in [6.07, 6.45) is 6.11. The predicted molar refractivity (Wildman–Crippen MR) is 78.3 cm³/mol. The van der Waals surface area contributed by atoms with Gasteiger partial charge in [0, 0.05) is 25.6 Å². The van der Waals surface area contributed by atoms with Gasteiger partial charge in [-0.3, -0.25) is 19.4 Å². The lowest BCUT2D eigenvalue weighted by molar-refractivity contribution is -0.142. The van der Waals surface area contributed by atoms with Gasteiger partial charge in [0.15, 0.2) is 0 Å². The van der Waals surface area contributed by atoms with Gasteiger partial charge in [-0.15, -0.1) is 0 Å². The second-order valence-corrected chi connectivity index (χ2v) is 5.92. The van der Waals surface area contributed by atoms with Crippen LogP contribution in [0.25, 0.3) is 0 Å². The Morgan fingerprint density at radius 2 is 2.25 bits per heavy atom. The summed E-state index contributed by atoms with van der Waals surface area (Å²) in [5.41, 5.74) is 0. The summed E-state index contributed by atoms with van der Waals surface area (Å²) in [7, 11) is 0. The largest absolute Gasteiger partial charge is 0.313 e. The third kappa shape index (κ3) is 4.28. The summed E-state index contributed by atoms with van der Waals surface area (Å²) in [5.74, 6) is -0.0148. The lowest BCUT2D eigenvalue weighted by Gasteiger charge is -2.30. The van der Waals surface area contributed by atoms with Gasteiger partial charge in [-0.25, -0.2) is 0 Å². The first-order chi connectivity index (χ1) is 9.70. The minimum Gasteiger partial charge on any atom is -0.313 e. The van der Waals surface area contributed by atoms with E-state index < -0.39 is 0 Å². The van der Waals surface area contributed by atoms with E-state index in [1.807, 2.05) is 0 Å². The highest BCUT2D eigenvalue weighted by Crippen LogP contribution is 2.12. The zero-order valence-corrected chi connectivity index (χ0v) is 12.6. The average molecular weight is 281 g/mol. The maximum atomic E-state index is 12.2. The molecule has 0 saturated carbocycles. The SMILES string of the molecule is CCCN(CC(=O)N1CCCC1=O)CC1CCCCN1. The van der Waals surface area contributed by atoms with Gasteiger partial charge in [-0.05, 0) is 38.8 Å². The molecule has 2 rings (SSSR count). The van der Waals surface area contributed by atoms with Crippen molar-refractivity contribution in [3.05, 3.63) is 0 Å². The van der Waals surface area contributed by atoms with Crippen LogP contribution < -0.4 is 5.32 Å². The van der Waals surface area contributed by atoms with Gasteiger partial charge in [-0.1, -0.05) is 13.3 Å². The summed E-state index contributed by atoms with van der Waals surface area (Å²) in [4.78, 5) is 27.5. The van der Waals surface area contributed by atoms with Crippen LogP contribution in [-0.4, -0.2) is 60.4 Å². The first-order valence-corrected chi connectivity index (χ1v) is 7.99. The molecule has 0 radical (unpaired) electrons. The molecule has 114 valence electrons. The Labute approximate surface area is 121 Å². The number of carbonyl (C=O) groups excluding carboxylic acids is 2. The van der Waals surface area contributed by atoms with E-state index in [4.69, 9.17) is 0 Å². The molecule has 2 fully saturated rings. The van der Waals surface area contributed by atoms with Gasteiger partial charge in [0.1, 0.15) is 0 Å². The van der Waals surface area contributed by atoms with Crippen molar-refractivity contribution >= 4 is 11.8 Å². The van der Waals surface area contributed by atoms with E-state index in [-0.39, 0.29) is 11.8 Å². The predicted octanol–water partition coefficient (Wildman–Crippen LogP) is 0.989. The Morgan fingerprint density at radius 1 is 1.40 bits per heavy atom. The molecule has 2 aliphatic heterocycles. The zero-order valence-electron chi connectivity index (χ0n) is 12.6. The number of hydrogen-bond acceptors (Lipinski definition) is 4. The number of piperidine rings is 1. The smallest absolute Gasteiger partial charge is 0.243 e. The second-order valence-electron chi connectivity index (χ2n) is 5.92. The van der Waals surface area contributed by atoms with Crippen LogP contribution in [0, 0.1) is 0 Å². The molecule has 1 unspecified atom stereocenters. The van der Waals surface area contributed by atoms with E-state index in [1.165, 1.54) is 24.2 Å². The van der Waals surface area contributed by atoms with Crippen LogP contribution in [0.1, 0.15) is 45.4 Å². The van der Waals surface area contributed by atoms with E-state index >= 15 is 0 Å². The summed E-state index contributed by atoms with van der Waals surface area (Å²) in [6.45, 7) is 6.06. The number of carbonyl (C=O) groups is 2. The molecule has 1 N–H and O–H groups in total. The van der Waals surface area contributed by atoms with Crippen molar-refractivity contribution in [2.24, 2.45) is 0 Å². The Morgan fingerprint density at radius 3 is 2.85 bits per heavy atom. The first kappa shape index (κ1) is 15.4. The molecule has 2 aliphatic rings. The lowest BCUT2D eigenvalue weighted by Crippen LogP contribution is -2.47. The van der Waals surface area contributed by atoms with Gasteiger partial charge < -0.3 is 5.32 Å². The van der Waals surface area contributed by atoms with E-state index in [1.54, 1.807) is 0 Å². The normalized spacial score (nSPS) is 23.6. The van der Waals surface area contributed by atoms with Gasteiger partial charge in [-0.2, -0.15) is 0 Å². The molecule has 2 saturated heterocycles. The summed E-state index contributed by atoms with van der Waals surface area (Å²) in [6, 6.07) is 0.498. The quantitative estimate of drug-likeness (QED) is 0.789. The summed E-state index contributed by atoms with van der Waals surface area (Å²) in [5, 5.41) is 3.53. The number of rotatable bonds is 6. The van der Waals surface area contributed by atoms with Crippen molar-refractivity contribution in [3.63, 3.8) is 0 Å². The molecule has 5 heteroatoms.